The highest BCUT2D eigenvalue weighted by Gasteiger charge is 2.24. The van der Waals surface area contributed by atoms with Crippen molar-refractivity contribution in [3.05, 3.63) is 29.8 Å². The van der Waals surface area contributed by atoms with E-state index >= 15 is 0 Å². The molecule has 1 rings (SSSR count). The SMILES string of the molecule is COC(C)(C)CC(NN)c1ccncc1F. The van der Waals surface area contributed by atoms with Crippen LogP contribution in [0.25, 0.3) is 0 Å². The normalized spacial score (nSPS) is 13.8. The Labute approximate surface area is 95.0 Å². The maximum absolute atomic E-state index is 13.5. The maximum Gasteiger partial charge on any atom is 0.146 e. The Morgan fingerprint density at radius 3 is 2.81 bits per heavy atom. The van der Waals surface area contributed by atoms with E-state index in [4.69, 9.17) is 10.6 Å². The van der Waals surface area contributed by atoms with Crippen LogP contribution in [0.4, 0.5) is 4.39 Å². The summed E-state index contributed by atoms with van der Waals surface area (Å²) in [4.78, 5) is 3.70. The van der Waals surface area contributed by atoms with E-state index in [-0.39, 0.29) is 17.5 Å². The number of methoxy groups -OCH3 is 1. The molecule has 0 saturated heterocycles. The fourth-order valence-corrected chi connectivity index (χ4v) is 1.50. The minimum atomic E-state index is -0.368. The molecule has 16 heavy (non-hydrogen) atoms. The monoisotopic (exact) mass is 227 g/mol. The summed E-state index contributed by atoms with van der Waals surface area (Å²) in [5, 5.41) is 0. The van der Waals surface area contributed by atoms with Crippen LogP contribution in [0.2, 0.25) is 0 Å². The Morgan fingerprint density at radius 2 is 2.31 bits per heavy atom. The number of halogens is 1. The van der Waals surface area contributed by atoms with Crippen LogP contribution in [-0.4, -0.2) is 17.7 Å². The molecule has 3 N–H and O–H groups in total. The number of aromatic nitrogens is 1. The molecule has 1 aromatic rings. The first-order valence-corrected chi connectivity index (χ1v) is 5.11. The van der Waals surface area contributed by atoms with Crippen molar-refractivity contribution in [2.45, 2.75) is 31.9 Å². The maximum atomic E-state index is 13.5. The van der Waals surface area contributed by atoms with E-state index < -0.39 is 0 Å². The van der Waals surface area contributed by atoms with E-state index in [1.807, 2.05) is 13.8 Å². The average molecular weight is 227 g/mol. The molecule has 0 spiro atoms. The number of nitrogens with two attached hydrogens (primary N) is 1. The number of hydrazine groups is 1. The zero-order valence-electron chi connectivity index (χ0n) is 9.83. The Kier molecular flexibility index (Phi) is 4.35. The fourth-order valence-electron chi connectivity index (χ4n) is 1.50. The molecule has 5 heteroatoms. The van der Waals surface area contributed by atoms with Gasteiger partial charge in [0.25, 0.3) is 0 Å². The van der Waals surface area contributed by atoms with Gasteiger partial charge in [-0.15, -0.1) is 0 Å². The van der Waals surface area contributed by atoms with Crippen molar-refractivity contribution in [2.24, 2.45) is 5.84 Å². The summed E-state index contributed by atoms with van der Waals surface area (Å²) < 4.78 is 18.8. The third-order valence-electron chi connectivity index (χ3n) is 2.63. The standard InChI is InChI=1S/C11H18FN3O/c1-11(2,16-3)6-10(15-13)8-4-5-14-7-9(8)12/h4-5,7,10,15H,6,13H2,1-3H3. The predicted octanol–water partition coefficient (Wildman–Crippen LogP) is 1.54. The van der Waals surface area contributed by atoms with Gasteiger partial charge >= 0.3 is 0 Å². The van der Waals surface area contributed by atoms with Gasteiger partial charge in [0.2, 0.25) is 0 Å². The lowest BCUT2D eigenvalue weighted by Crippen LogP contribution is -2.35. The smallest absolute Gasteiger partial charge is 0.146 e. The van der Waals surface area contributed by atoms with Crippen molar-refractivity contribution in [1.29, 1.82) is 0 Å². The van der Waals surface area contributed by atoms with Crippen molar-refractivity contribution in [1.82, 2.24) is 10.4 Å². The molecule has 0 saturated carbocycles. The van der Waals surface area contributed by atoms with E-state index in [2.05, 4.69) is 10.4 Å². The van der Waals surface area contributed by atoms with E-state index in [1.165, 1.54) is 6.20 Å². The second kappa shape index (κ2) is 5.34. The van der Waals surface area contributed by atoms with Crippen LogP contribution in [0, 0.1) is 5.82 Å². The molecule has 0 aliphatic rings. The van der Waals surface area contributed by atoms with Crippen LogP contribution < -0.4 is 11.3 Å². The van der Waals surface area contributed by atoms with Crippen LogP contribution in [0.5, 0.6) is 0 Å². The fraction of sp³-hybridized carbons (Fsp3) is 0.545. The van der Waals surface area contributed by atoms with Crippen molar-refractivity contribution in [3.63, 3.8) is 0 Å². The summed E-state index contributed by atoms with van der Waals surface area (Å²) in [5.74, 6) is 5.08. The Hall–Kier alpha value is -1.04. The molecule has 4 nitrogen and oxygen atoms in total. The Balaban J connectivity index is 2.87. The largest absolute Gasteiger partial charge is 0.379 e. The van der Waals surface area contributed by atoms with Crippen LogP contribution in [0.1, 0.15) is 31.9 Å². The van der Waals surface area contributed by atoms with E-state index in [0.29, 0.717) is 12.0 Å². The van der Waals surface area contributed by atoms with Gasteiger partial charge < -0.3 is 4.74 Å². The number of hydrogen-bond donors (Lipinski definition) is 2. The number of pyridine rings is 1. The first-order chi connectivity index (χ1) is 7.50. The molecule has 0 bridgehead atoms. The van der Waals surface area contributed by atoms with Gasteiger partial charge in [-0.3, -0.25) is 16.3 Å². The van der Waals surface area contributed by atoms with Gasteiger partial charge in [0.05, 0.1) is 17.8 Å². The van der Waals surface area contributed by atoms with Crippen molar-refractivity contribution >= 4 is 0 Å². The van der Waals surface area contributed by atoms with Crippen molar-refractivity contribution < 1.29 is 9.13 Å². The highest BCUT2D eigenvalue weighted by molar-refractivity contribution is 5.17. The van der Waals surface area contributed by atoms with Crippen LogP contribution in [-0.2, 0) is 4.74 Å². The van der Waals surface area contributed by atoms with E-state index in [1.54, 1.807) is 19.4 Å². The van der Waals surface area contributed by atoms with Gasteiger partial charge in [-0.2, -0.15) is 0 Å². The molecular weight excluding hydrogens is 209 g/mol. The summed E-state index contributed by atoms with van der Waals surface area (Å²) in [6.45, 7) is 3.85. The minimum Gasteiger partial charge on any atom is -0.379 e. The molecule has 0 aliphatic heterocycles. The third-order valence-corrected chi connectivity index (χ3v) is 2.63. The van der Waals surface area contributed by atoms with Crippen LogP contribution in [0.15, 0.2) is 18.5 Å². The molecule has 1 heterocycles. The second-order valence-electron chi connectivity index (χ2n) is 4.28. The highest BCUT2D eigenvalue weighted by Crippen LogP contribution is 2.26. The predicted molar refractivity (Wildman–Crippen MR) is 60.0 cm³/mol. The minimum absolute atomic E-state index is 0.294. The molecule has 0 aliphatic carbocycles. The molecule has 0 radical (unpaired) electrons. The Bertz CT molecular complexity index is 344. The number of ether oxygens (including phenoxy) is 1. The topological polar surface area (TPSA) is 60.2 Å². The summed E-state index contributed by atoms with van der Waals surface area (Å²) >= 11 is 0. The van der Waals surface area contributed by atoms with Crippen molar-refractivity contribution in [2.75, 3.05) is 7.11 Å². The summed E-state index contributed by atoms with van der Waals surface area (Å²) in [5.41, 5.74) is 2.74. The van der Waals surface area contributed by atoms with E-state index in [0.717, 1.165) is 0 Å². The molecule has 1 aromatic heterocycles. The zero-order chi connectivity index (χ0) is 12.2. The Morgan fingerprint density at radius 1 is 1.62 bits per heavy atom. The van der Waals surface area contributed by atoms with Gasteiger partial charge in [-0.05, 0) is 26.3 Å². The first kappa shape index (κ1) is 13.0. The van der Waals surface area contributed by atoms with Crippen LogP contribution in [0.3, 0.4) is 0 Å². The zero-order valence-corrected chi connectivity index (χ0v) is 9.83. The molecular formula is C11H18FN3O. The number of nitrogens with zero attached hydrogens (tertiary/aromatic N) is 1. The second-order valence-corrected chi connectivity index (χ2v) is 4.28. The molecule has 1 unspecified atom stereocenters. The van der Waals surface area contributed by atoms with Gasteiger partial charge in [0, 0.05) is 18.9 Å². The molecule has 90 valence electrons. The van der Waals surface area contributed by atoms with Crippen molar-refractivity contribution in [3.8, 4) is 0 Å². The van der Waals surface area contributed by atoms with Crippen LogP contribution >= 0.6 is 0 Å². The van der Waals surface area contributed by atoms with Gasteiger partial charge in [0.15, 0.2) is 0 Å². The highest BCUT2D eigenvalue weighted by atomic mass is 19.1. The van der Waals surface area contributed by atoms with Gasteiger partial charge in [-0.25, -0.2) is 4.39 Å². The molecule has 0 aromatic carbocycles. The van der Waals surface area contributed by atoms with E-state index in [9.17, 15) is 4.39 Å². The average Bonchev–Trinajstić information content (AvgIpc) is 2.27. The number of nitrogens with one attached hydrogen (secondary N) is 1. The molecule has 0 fully saturated rings. The number of hydrogen-bond acceptors (Lipinski definition) is 4. The quantitative estimate of drug-likeness (QED) is 0.591. The first-order valence-electron chi connectivity index (χ1n) is 5.11. The van der Waals surface area contributed by atoms with Gasteiger partial charge in [-0.1, -0.05) is 0 Å². The lowest BCUT2D eigenvalue weighted by molar-refractivity contribution is 0.00654. The summed E-state index contributed by atoms with van der Waals surface area (Å²) in [7, 11) is 1.62. The van der Waals surface area contributed by atoms with Gasteiger partial charge in [0.1, 0.15) is 5.82 Å². The molecule has 0 amide bonds. The number of rotatable bonds is 5. The molecule has 1 atom stereocenters. The summed E-state index contributed by atoms with van der Waals surface area (Å²) in [6.07, 6.45) is 3.29. The lowest BCUT2D eigenvalue weighted by atomic mass is 9.94. The lowest BCUT2D eigenvalue weighted by Gasteiger charge is -2.28. The third kappa shape index (κ3) is 3.23. The summed E-state index contributed by atoms with van der Waals surface area (Å²) in [6, 6.07) is 1.32.